The zero-order valence-corrected chi connectivity index (χ0v) is 16.9. The first-order valence-electron chi connectivity index (χ1n) is 9.00. The Morgan fingerprint density at radius 3 is 3.07 bits per heavy atom. The van der Waals surface area contributed by atoms with Crippen LogP contribution in [-0.2, 0) is 18.4 Å². The van der Waals surface area contributed by atoms with Gasteiger partial charge in [0.2, 0.25) is 0 Å². The van der Waals surface area contributed by atoms with Crippen LogP contribution in [-0.4, -0.2) is 21.1 Å². The Balaban J connectivity index is 1.39. The van der Waals surface area contributed by atoms with E-state index in [1.54, 1.807) is 18.3 Å². The molecular weight excluding hydrogens is 427 g/mol. The van der Waals surface area contributed by atoms with Gasteiger partial charge in [-0.15, -0.1) is 0 Å². The maximum absolute atomic E-state index is 14.5. The van der Waals surface area contributed by atoms with Crippen molar-refractivity contribution in [2.45, 2.75) is 30.7 Å². The van der Waals surface area contributed by atoms with Crippen LogP contribution in [0.25, 0.3) is 0 Å². The third kappa shape index (κ3) is 2.75. The van der Waals surface area contributed by atoms with E-state index in [0.29, 0.717) is 5.92 Å². The minimum absolute atomic E-state index is 0.125. The van der Waals surface area contributed by atoms with Crippen LogP contribution in [0, 0.1) is 10.6 Å². The third-order valence-electron chi connectivity index (χ3n) is 5.76. The van der Waals surface area contributed by atoms with Gasteiger partial charge in [0.05, 0.1) is 0 Å². The van der Waals surface area contributed by atoms with Gasteiger partial charge in [-0.1, -0.05) is 22.0 Å². The van der Waals surface area contributed by atoms with E-state index in [4.69, 9.17) is 12.2 Å². The molecular formula is C20H18BrFN4S. The number of H-pyrrole nitrogens is 1. The molecule has 2 N–H and O–H groups in total. The SMILES string of the molecule is Fc1ccc(Br)cc1[C@]12CC1c1c(CCNc3ccccn3)[nH]c(=S)n1C2. The Hall–Kier alpha value is -1.99. The van der Waals surface area contributed by atoms with E-state index in [-0.39, 0.29) is 11.2 Å². The summed E-state index contributed by atoms with van der Waals surface area (Å²) in [5.41, 5.74) is 3.07. The molecule has 0 bridgehead atoms. The largest absolute Gasteiger partial charge is 0.370 e. The lowest BCUT2D eigenvalue weighted by molar-refractivity contribution is 0.530. The molecule has 1 fully saturated rings. The van der Waals surface area contributed by atoms with Gasteiger partial charge in [0.1, 0.15) is 11.6 Å². The van der Waals surface area contributed by atoms with Crippen molar-refractivity contribution in [3.8, 4) is 0 Å². The second-order valence-electron chi connectivity index (χ2n) is 7.31. The minimum atomic E-state index is -0.144. The van der Waals surface area contributed by atoms with Crippen LogP contribution < -0.4 is 5.32 Å². The van der Waals surface area contributed by atoms with Crippen LogP contribution in [0.2, 0.25) is 0 Å². The Bertz CT molecular complexity index is 1080. The van der Waals surface area contributed by atoms with Crippen molar-refractivity contribution < 1.29 is 4.39 Å². The summed E-state index contributed by atoms with van der Waals surface area (Å²) in [5, 5.41) is 3.34. The fourth-order valence-corrected chi connectivity index (χ4v) is 5.09. The average Bonchev–Trinajstić information content (AvgIpc) is 3.16. The summed E-state index contributed by atoms with van der Waals surface area (Å²) in [5.74, 6) is 1.07. The first kappa shape index (κ1) is 17.1. The average molecular weight is 445 g/mol. The fourth-order valence-electron chi connectivity index (χ4n) is 4.44. The van der Waals surface area contributed by atoms with Crippen LogP contribution >= 0.6 is 28.1 Å². The number of nitrogens with zero attached hydrogens (tertiary/aromatic N) is 2. The molecule has 5 rings (SSSR count). The van der Waals surface area contributed by atoms with E-state index in [9.17, 15) is 4.39 Å². The lowest BCUT2D eigenvalue weighted by Gasteiger charge is -2.14. The van der Waals surface area contributed by atoms with E-state index >= 15 is 0 Å². The molecule has 4 nitrogen and oxygen atoms in total. The predicted octanol–water partition coefficient (Wildman–Crippen LogP) is 4.94. The van der Waals surface area contributed by atoms with Gasteiger partial charge in [-0.3, -0.25) is 0 Å². The predicted molar refractivity (Wildman–Crippen MR) is 109 cm³/mol. The third-order valence-corrected chi connectivity index (χ3v) is 6.58. The highest BCUT2D eigenvalue weighted by molar-refractivity contribution is 9.10. The molecule has 2 aromatic heterocycles. The lowest BCUT2D eigenvalue weighted by Crippen LogP contribution is -2.14. The maximum atomic E-state index is 14.5. The number of imidazole rings is 1. The summed E-state index contributed by atoms with van der Waals surface area (Å²) in [7, 11) is 0. The summed E-state index contributed by atoms with van der Waals surface area (Å²) in [6.07, 6.45) is 3.58. The van der Waals surface area contributed by atoms with Gasteiger partial charge in [0.15, 0.2) is 4.77 Å². The molecule has 0 amide bonds. The number of aromatic nitrogens is 3. The van der Waals surface area contributed by atoms with E-state index in [1.165, 1.54) is 5.69 Å². The standard InChI is InChI=1S/C20H18BrFN4S/c21-12-4-5-15(22)13(9-12)20-10-14(20)18-16(25-19(27)26(18)11-20)6-8-24-17-3-1-2-7-23-17/h1-5,7,9,14H,6,8,10-11H2,(H,23,24)(H,25,27)/t14?,20-/m1/s1. The molecule has 3 aromatic rings. The molecule has 3 heterocycles. The zero-order chi connectivity index (χ0) is 18.6. The monoisotopic (exact) mass is 444 g/mol. The topological polar surface area (TPSA) is 45.6 Å². The van der Waals surface area contributed by atoms with Gasteiger partial charge in [0.25, 0.3) is 0 Å². The molecule has 0 radical (unpaired) electrons. The molecule has 27 heavy (non-hydrogen) atoms. The maximum Gasteiger partial charge on any atom is 0.177 e. The van der Waals surface area contributed by atoms with Crippen molar-refractivity contribution in [2.24, 2.45) is 0 Å². The van der Waals surface area contributed by atoms with Crippen molar-refractivity contribution in [1.82, 2.24) is 14.5 Å². The molecule has 7 heteroatoms. The highest BCUT2D eigenvalue weighted by Crippen LogP contribution is 2.66. The number of nitrogens with one attached hydrogen (secondary N) is 2. The molecule has 1 aromatic carbocycles. The van der Waals surface area contributed by atoms with Crippen molar-refractivity contribution in [2.75, 3.05) is 11.9 Å². The highest BCUT2D eigenvalue weighted by atomic mass is 79.9. The van der Waals surface area contributed by atoms with Crippen LogP contribution in [0.15, 0.2) is 47.1 Å². The number of halogens is 2. The van der Waals surface area contributed by atoms with Crippen LogP contribution in [0.1, 0.15) is 29.3 Å². The lowest BCUT2D eigenvalue weighted by atomic mass is 9.93. The number of hydrogen-bond acceptors (Lipinski definition) is 3. The van der Waals surface area contributed by atoms with Crippen LogP contribution in [0.3, 0.4) is 0 Å². The molecule has 1 saturated carbocycles. The number of rotatable bonds is 5. The number of pyridine rings is 1. The molecule has 2 aliphatic rings. The van der Waals surface area contributed by atoms with Crippen LogP contribution in [0.4, 0.5) is 10.2 Å². The molecule has 138 valence electrons. The fraction of sp³-hybridized carbons (Fsp3) is 0.300. The molecule has 1 unspecified atom stereocenters. The van der Waals surface area contributed by atoms with Crippen molar-refractivity contribution >= 4 is 34.0 Å². The second kappa shape index (κ2) is 6.27. The summed E-state index contributed by atoms with van der Waals surface area (Å²) in [6, 6.07) is 11.0. The Morgan fingerprint density at radius 2 is 2.26 bits per heavy atom. The van der Waals surface area contributed by atoms with Gasteiger partial charge >= 0.3 is 0 Å². The number of aromatic amines is 1. The molecule has 0 saturated heterocycles. The van der Waals surface area contributed by atoms with Gasteiger partial charge < -0.3 is 14.9 Å². The van der Waals surface area contributed by atoms with Crippen molar-refractivity contribution in [1.29, 1.82) is 0 Å². The van der Waals surface area contributed by atoms with Crippen molar-refractivity contribution in [3.05, 3.63) is 74.6 Å². The van der Waals surface area contributed by atoms with E-state index in [1.807, 2.05) is 24.3 Å². The number of hydrogen-bond donors (Lipinski definition) is 2. The smallest absolute Gasteiger partial charge is 0.177 e. The summed E-state index contributed by atoms with van der Waals surface area (Å²) < 4.78 is 18.4. The Kier molecular flexibility index (Phi) is 3.98. The number of fused-ring (bicyclic) bond motifs is 3. The van der Waals surface area contributed by atoms with E-state index in [2.05, 4.69) is 35.8 Å². The Morgan fingerprint density at radius 1 is 1.37 bits per heavy atom. The van der Waals surface area contributed by atoms with E-state index in [0.717, 1.165) is 52.3 Å². The van der Waals surface area contributed by atoms with Crippen LogP contribution in [0.5, 0.6) is 0 Å². The van der Waals surface area contributed by atoms with Gasteiger partial charge in [-0.05, 0) is 54.5 Å². The van der Waals surface area contributed by atoms with E-state index < -0.39 is 0 Å². The first-order chi connectivity index (χ1) is 13.1. The highest BCUT2D eigenvalue weighted by Gasteiger charge is 2.63. The summed E-state index contributed by atoms with van der Waals surface area (Å²) >= 11 is 9.03. The number of benzene rings is 1. The Labute approximate surface area is 170 Å². The molecule has 2 atom stereocenters. The quantitative estimate of drug-likeness (QED) is 0.548. The zero-order valence-electron chi connectivity index (χ0n) is 14.5. The molecule has 1 aliphatic heterocycles. The molecule has 1 aliphatic carbocycles. The van der Waals surface area contributed by atoms with Gasteiger partial charge in [0, 0.05) is 52.9 Å². The van der Waals surface area contributed by atoms with Gasteiger partial charge in [-0.2, -0.15) is 0 Å². The normalized spacial score (nSPS) is 22.4. The number of anilines is 1. The van der Waals surface area contributed by atoms with Gasteiger partial charge in [-0.25, -0.2) is 9.37 Å². The van der Waals surface area contributed by atoms with Crippen molar-refractivity contribution in [3.63, 3.8) is 0 Å². The molecule has 0 spiro atoms. The second-order valence-corrected chi connectivity index (χ2v) is 8.61. The summed E-state index contributed by atoms with van der Waals surface area (Å²) in [4.78, 5) is 7.65. The minimum Gasteiger partial charge on any atom is -0.370 e. The summed E-state index contributed by atoms with van der Waals surface area (Å²) in [6.45, 7) is 1.52. The first-order valence-corrected chi connectivity index (χ1v) is 10.2.